The zero-order valence-electron chi connectivity index (χ0n) is 13.9. The molecule has 0 N–H and O–H groups in total. The molecule has 0 aromatic heterocycles. The molecular weight excluding hydrogens is 256 g/mol. The second kappa shape index (κ2) is 4.83. The van der Waals surface area contributed by atoms with Crippen LogP contribution in [-0.2, 0) is 4.79 Å². The maximum absolute atomic E-state index is 11.5. The fourth-order valence-corrected chi connectivity index (χ4v) is 7.56. The van der Waals surface area contributed by atoms with E-state index in [1.54, 1.807) is 0 Å². The lowest BCUT2D eigenvalue weighted by atomic mass is 9.45. The molecule has 0 saturated heterocycles. The van der Waals surface area contributed by atoms with E-state index in [0.717, 1.165) is 23.7 Å². The quantitative estimate of drug-likeness (QED) is 0.603. The molecule has 7 atom stereocenters. The molecule has 0 aliphatic heterocycles. The van der Waals surface area contributed by atoms with Gasteiger partial charge in [-0.2, -0.15) is 0 Å². The molecule has 21 heavy (non-hydrogen) atoms. The van der Waals surface area contributed by atoms with Crippen LogP contribution < -0.4 is 0 Å². The molecule has 0 aromatic carbocycles. The maximum Gasteiger partial charge on any atom is 0.123 e. The molecule has 4 fully saturated rings. The van der Waals surface area contributed by atoms with E-state index >= 15 is 0 Å². The fourth-order valence-electron chi connectivity index (χ4n) is 7.56. The Bertz CT molecular complexity index is 430. The van der Waals surface area contributed by atoms with Crippen LogP contribution in [0.1, 0.15) is 78.1 Å². The third kappa shape index (κ3) is 1.85. The van der Waals surface area contributed by atoms with Crippen molar-refractivity contribution in [1.29, 1.82) is 0 Å². The summed E-state index contributed by atoms with van der Waals surface area (Å²) in [6, 6.07) is 0. The summed E-state index contributed by atoms with van der Waals surface area (Å²) in [6.07, 6.45) is 15.4. The van der Waals surface area contributed by atoms with Crippen LogP contribution in [0.5, 0.6) is 0 Å². The largest absolute Gasteiger partial charge is 0.303 e. The van der Waals surface area contributed by atoms with Crippen LogP contribution >= 0.6 is 0 Å². The summed E-state index contributed by atoms with van der Waals surface area (Å²) in [5.74, 6) is 4.14. The van der Waals surface area contributed by atoms with E-state index < -0.39 is 0 Å². The van der Waals surface area contributed by atoms with Crippen LogP contribution in [0.25, 0.3) is 0 Å². The second-order valence-electron chi connectivity index (χ2n) is 9.27. The van der Waals surface area contributed by atoms with Gasteiger partial charge in [0.2, 0.25) is 0 Å². The first-order valence-corrected chi connectivity index (χ1v) is 9.55. The van der Waals surface area contributed by atoms with Crippen LogP contribution in [0.3, 0.4) is 0 Å². The van der Waals surface area contributed by atoms with Crippen molar-refractivity contribution in [2.24, 2.45) is 40.4 Å². The standard InChI is InChI=1S/C20H32O/c1-19-11-4-3-5-14(19)6-8-16-17-9-7-15(13-21)20(17,2)12-10-18(16)19/h13-18H,3-12H2,1-2H3/t14-,15-,16+,17+,18+,19+,20-/m1/s1. The normalized spacial score (nSPS) is 56.2. The molecule has 1 heteroatoms. The summed E-state index contributed by atoms with van der Waals surface area (Å²) in [7, 11) is 0. The van der Waals surface area contributed by atoms with Crippen molar-refractivity contribution in [3.8, 4) is 0 Å². The van der Waals surface area contributed by atoms with Gasteiger partial charge in [0.1, 0.15) is 6.29 Å². The molecule has 0 radical (unpaired) electrons. The first kappa shape index (κ1) is 14.3. The zero-order chi connectivity index (χ0) is 14.7. The van der Waals surface area contributed by atoms with Crippen LogP contribution in [0.2, 0.25) is 0 Å². The van der Waals surface area contributed by atoms with Crippen molar-refractivity contribution < 1.29 is 4.79 Å². The van der Waals surface area contributed by atoms with Crippen LogP contribution in [0.4, 0.5) is 0 Å². The van der Waals surface area contributed by atoms with E-state index in [0.29, 0.717) is 16.7 Å². The van der Waals surface area contributed by atoms with Crippen LogP contribution in [0.15, 0.2) is 0 Å². The number of carbonyl (C=O) groups excluding carboxylic acids is 1. The van der Waals surface area contributed by atoms with E-state index in [4.69, 9.17) is 0 Å². The Kier molecular flexibility index (Phi) is 3.28. The molecule has 4 saturated carbocycles. The highest BCUT2D eigenvalue weighted by Gasteiger charge is 2.59. The predicted molar refractivity (Wildman–Crippen MR) is 85.9 cm³/mol. The minimum absolute atomic E-state index is 0.348. The molecule has 0 spiro atoms. The van der Waals surface area contributed by atoms with Crippen molar-refractivity contribution in [1.82, 2.24) is 0 Å². The minimum Gasteiger partial charge on any atom is -0.303 e. The minimum atomic E-state index is 0.348. The smallest absolute Gasteiger partial charge is 0.123 e. The van der Waals surface area contributed by atoms with Gasteiger partial charge in [-0.3, -0.25) is 0 Å². The van der Waals surface area contributed by atoms with Crippen molar-refractivity contribution in [3.63, 3.8) is 0 Å². The average Bonchev–Trinajstić information content (AvgIpc) is 2.83. The van der Waals surface area contributed by atoms with Crippen molar-refractivity contribution in [3.05, 3.63) is 0 Å². The van der Waals surface area contributed by atoms with Gasteiger partial charge in [0.15, 0.2) is 0 Å². The lowest BCUT2D eigenvalue weighted by Gasteiger charge is -2.60. The first-order chi connectivity index (χ1) is 10.1. The lowest BCUT2D eigenvalue weighted by Crippen LogP contribution is -2.52. The topological polar surface area (TPSA) is 17.1 Å². The Morgan fingerprint density at radius 2 is 1.62 bits per heavy atom. The number of rotatable bonds is 1. The van der Waals surface area contributed by atoms with Crippen LogP contribution in [-0.4, -0.2) is 6.29 Å². The molecule has 0 unspecified atom stereocenters. The fraction of sp³-hybridized carbons (Fsp3) is 0.950. The Hall–Kier alpha value is -0.330. The van der Waals surface area contributed by atoms with Gasteiger partial charge in [-0.05, 0) is 85.9 Å². The van der Waals surface area contributed by atoms with E-state index in [1.807, 2.05) is 0 Å². The molecule has 0 aromatic rings. The molecule has 4 aliphatic rings. The summed E-state index contributed by atoms with van der Waals surface area (Å²) in [6.45, 7) is 5.09. The Morgan fingerprint density at radius 3 is 2.43 bits per heavy atom. The monoisotopic (exact) mass is 288 g/mol. The molecule has 0 heterocycles. The molecule has 0 bridgehead atoms. The number of fused-ring (bicyclic) bond motifs is 5. The van der Waals surface area contributed by atoms with Gasteiger partial charge in [-0.15, -0.1) is 0 Å². The Morgan fingerprint density at radius 1 is 0.810 bits per heavy atom. The third-order valence-electron chi connectivity index (χ3n) is 8.82. The van der Waals surface area contributed by atoms with E-state index in [-0.39, 0.29) is 0 Å². The number of carbonyl (C=O) groups is 1. The van der Waals surface area contributed by atoms with Crippen molar-refractivity contribution in [2.45, 2.75) is 78.1 Å². The van der Waals surface area contributed by atoms with Gasteiger partial charge < -0.3 is 4.79 Å². The summed E-state index contributed by atoms with van der Waals surface area (Å²) >= 11 is 0. The summed E-state index contributed by atoms with van der Waals surface area (Å²) in [5, 5.41) is 0. The summed E-state index contributed by atoms with van der Waals surface area (Å²) in [5.41, 5.74) is 0.989. The molecule has 0 amide bonds. The lowest BCUT2D eigenvalue weighted by molar-refractivity contribution is -0.125. The summed E-state index contributed by atoms with van der Waals surface area (Å²) in [4.78, 5) is 11.5. The molecule has 1 nitrogen and oxygen atoms in total. The zero-order valence-corrected chi connectivity index (χ0v) is 13.9. The highest BCUT2D eigenvalue weighted by atomic mass is 16.1. The second-order valence-corrected chi connectivity index (χ2v) is 9.27. The predicted octanol–water partition coefficient (Wildman–Crippen LogP) is 5.23. The van der Waals surface area contributed by atoms with Gasteiger partial charge in [0, 0.05) is 5.92 Å². The number of aldehydes is 1. The van der Waals surface area contributed by atoms with Crippen LogP contribution in [0, 0.1) is 40.4 Å². The van der Waals surface area contributed by atoms with E-state index in [2.05, 4.69) is 13.8 Å². The van der Waals surface area contributed by atoms with Gasteiger partial charge >= 0.3 is 0 Å². The van der Waals surface area contributed by atoms with Gasteiger partial charge in [0.25, 0.3) is 0 Å². The third-order valence-corrected chi connectivity index (χ3v) is 8.82. The maximum atomic E-state index is 11.5. The molecule has 118 valence electrons. The number of hydrogen-bond acceptors (Lipinski definition) is 1. The first-order valence-electron chi connectivity index (χ1n) is 9.55. The van der Waals surface area contributed by atoms with E-state index in [9.17, 15) is 4.79 Å². The Labute approximate surface area is 130 Å². The molecule has 4 aliphatic carbocycles. The van der Waals surface area contributed by atoms with Gasteiger partial charge in [-0.25, -0.2) is 0 Å². The highest BCUT2D eigenvalue weighted by Crippen LogP contribution is 2.67. The highest BCUT2D eigenvalue weighted by molar-refractivity contribution is 5.56. The number of hydrogen-bond donors (Lipinski definition) is 0. The van der Waals surface area contributed by atoms with Crippen molar-refractivity contribution >= 4 is 6.29 Å². The molecular formula is C20H32O. The SMILES string of the molecule is C[C@]12CCCC[C@@H]1CC[C@@H]1[C@@H]2CC[C@]2(C)[C@@H](C=O)CC[C@@H]12. The Balaban J connectivity index is 1.64. The average molecular weight is 288 g/mol. The molecule has 4 rings (SSSR count). The van der Waals surface area contributed by atoms with Crippen molar-refractivity contribution in [2.75, 3.05) is 0 Å². The van der Waals surface area contributed by atoms with Gasteiger partial charge in [-0.1, -0.05) is 26.7 Å². The van der Waals surface area contributed by atoms with E-state index in [1.165, 1.54) is 70.5 Å². The summed E-state index contributed by atoms with van der Waals surface area (Å²) < 4.78 is 0. The van der Waals surface area contributed by atoms with Gasteiger partial charge in [0.05, 0.1) is 0 Å².